The first kappa shape index (κ1) is 15.5. The zero-order valence-corrected chi connectivity index (χ0v) is 12.9. The maximum absolute atomic E-state index is 12.2. The van der Waals surface area contributed by atoms with Crippen molar-refractivity contribution in [3.63, 3.8) is 0 Å². The fraction of sp³-hybridized carbons (Fsp3) is 0.692. The second kappa shape index (κ2) is 6.26. The lowest BCUT2D eigenvalue weighted by molar-refractivity contribution is 0.116. The first-order valence-electron chi connectivity index (χ1n) is 6.84. The predicted octanol–water partition coefficient (Wildman–Crippen LogP) is 1.23. The van der Waals surface area contributed by atoms with E-state index in [0.29, 0.717) is 31.4 Å². The lowest BCUT2D eigenvalue weighted by atomic mass is 10.2. The summed E-state index contributed by atoms with van der Waals surface area (Å²) in [6.07, 6.45) is 0.574. The van der Waals surface area contributed by atoms with Gasteiger partial charge in [0.25, 0.3) is 10.0 Å². The molecule has 0 amide bonds. The molecule has 1 saturated heterocycles. The molecule has 1 aliphatic rings. The third-order valence-electron chi connectivity index (χ3n) is 3.27. The molecule has 0 aliphatic carbocycles. The summed E-state index contributed by atoms with van der Waals surface area (Å²) >= 11 is 0. The topological polar surface area (TPSA) is 80.6 Å². The second-order valence-electron chi connectivity index (χ2n) is 5.35. The fourth-order valence-electron chi connectivity index (χ4n) is 2.05. The van der Waals surface area contributed by atoms with Gasteiger partial charge in [-0.2, -0.15) is 0 Å². The van der Waals surface area contributed by atoms with Crippen LogP contribution in [0, 0.1) is 0 Å². The molecule has 0 aromatic carbocycles. The van der Waals surface area contributed by atoms with E-state index in [1.165, 1.54) is 6.07 Å². The lowest BCUT2D eigenvalue weighted by Crippen LogP contribution is -2.38. The maximum atomic E-state index is 12.2. The Morgan fingerprint density at radius 3 is 2.75 bits per heavy atom. The van der Waals surface area contributed by atoms with Crippen molar-refractivity contribution in [1.82, 2.24) is 10.0 Å². The maximum Gasteiger partial charge on any atom is 0.274 e. The molecular formula is C13H22N2O4S. The van der Waals surface area contributed by atoms with E-state index in [9.17, 15) is 8.42 Å². The molecular weight excluding hydrogens is 280 g/mol. The van der Waals surface area contributed by atoms with Gasteiger partial charge >= 0.3 is 0 Å². The largest absolute Gasteiger partial charge is 0.447 e. The molecule has 114 valence electrons. The van der Waals surface area contributed by atoms with E-state index >= 15 is 0 Å². The third kappa shape index (κ3) is 3.82. The van der Waals surface area contributed by atoms with Gasteiger partial charge in [0.1, 0.15) is 5.76 Å². The van der Waals surface area contributed by atoms with Gasteiger partial charge in [-0.1, -0.05) is 13.8 Å². The summed E-state index contributed by atoms with van der Waals surface area (Å²) in [7, 11) is -3.62. The minimum Gasteiger partial charge on any atom is -0.447 e. The molecule has 2 N–H and O–H groups in total. The van der Waals surface area contributed by atoms with Gasteiger partial charge in [0.2, 0.25) is 5.09 Å². The molecule has 0 spiro atoms. The zero-order chi connectivity index (χ0) is 14.8. The Kier molecular flexibility index (Phi) is 4.85. The highest BCUT2D eigenvalue weighted by Crippen LogP contribution is 2.18. The van der Waals surface area contributed by atoms with E-state index in [2.05, 4.69) is 10.0 Å². The molecule has 0 saturated carbocycles. The smallest absolute Gasteiger partial charge is 0.274 e. The van der Waals surface area contributed by atoms with E-state index in [4.69, 9.17) is 9.15 Å². The summed E-state index contributed by atoms with van der Waals surface area (Å²) in [6.45, 7) is 6.99. The van der Waals surface area contributed by atoms with Gasteiger partial charge in [0.05, 0.1) is 18.7 Å². The molecule has 1 aromatic heterocycles. The summed E-state index contributed by atoms with van der Waals surface area (Å²) in [5.74, 6) is 0.606. The molecule has 20 heavy (non-hydrogen) atoms. The summed E-state index contributed by atoms with van der Waals surface area (Å²) in [5.41, 5.74) is 0. The van der Waals surface area contributed by atoms with Crippen molar-refractivity contribution in [2.45, 2.75) is 57.0 Å². The van der Waals surface area contributed by atoms with Crippen LogP contribution in [0.2, 0.25) is 0 Å². The van der Waals surface area contributed by atoms with Crippen LogP contribution < -0.4 is 10.0 Å². The summed E-state index contributed by atoms with van der Waals surface area (Å²) < 4.78 is 37.8. The number of nitrogens with one attached hydrogen (secondary N) is 2. The molecule has 0 bridgehead atoms. The van der Waals surface area contributed by atoms with Crippen molar-refractivity contribution in [2.75, 3.05) is 6.61 Å². The highest BCUT2D eigenvalue weighted by atomic mass is 32.2. The molecule has 1 fully saturated rings. The summed E-state index contributed by atoms with van der Waals surface area (Å²) in [5, 5.41) is 3.13. The van der Waals surface area contributed by atoms with Crippen LogP contribution in [0.3, 0.4) is 0 Å². The number of sulfonamides is 1. The Bertz CT molecular complexity index is 538. The molecule has 2 rings (SSSR count). The second-order valence-corrected chi connectivity index (χ2v) is 6.99. The standard InChI is InChI=1S/C13H22N2O4S/c1-9(2)14-8-11-4-5-13(19-11)20(16,17)15-12-6-7-18-10(12)3/h4-5,9-10,12,14-15H,6-8H2,1-3H3. The van der Waals surface area contributed by atoms with E-state index in [1.807, 2.05) is 20.8 Å². The van der Waals surface area contributed by atoms with E-state index in [1.54, 1.807) is 6.07 Å². The SMILES string of the molecule is CC(C)NCc1ccc(S(=O)(=O)NC2CCOC2C)o1. The van der Waals surface area contributed by atoms with Crippen LogP contribution in [0.5, 0.6) is 0 Å². The Labute approximate surface area is 119 Å². The Balaban J connectivity index is 2.02. The number of furan rings is 1. The molecule has 1 aromatic rings. The van der Waals surface area contributed by atoms with Gasteiger partial charge in [0.15, 0.2) is 0 Å². The highest BCUT2D eigenvalue weighted by Gasteiger charge is 2.30. The Hall–Kier alpha value is -0.890. The average Bonchev–Trinajstić information content (AvgIpc) is 2.97. The number of hydrogen-bond acceptors (Lipinski definition) is 5. The molecule has 7 heteroatoms. The zero-order valence-electron chi connectivity index (χ0n) is 12.0. The minimum atomic E-state index is -3.62. The van der Waals surface area contributed by atoms with Crippen LogP contribution in [-0.4, -0.2) is 33.2 Å². The fourth-order valence-corrected chi connectivity index (χ4v) is 3.33. The first-order chi connectivity index (χ1) is 9.38. The Morgan fingerprint density at radius 1 is 1.40 bits per heavy atom. The van der Waals surface area contributed by atoms with Crippen LogP contribution in [0.4, 0.5) is 0 Å². The van der Waals surface area contributed by atoms with Gasteiger partial charge in [-0.05, 0) is 25.5 Å². The molecule has 2 unspecified atom stereocenters. The molecule has 0 radical (unpaired) electrons. The van der Waals surface area contributed by atoms with Crippen LogP contribution in [0.25, 0.3) is 0 Å². The number of ether oxygens (including phenoxy) is 1. The van der Waals surface area contributed by atoms with Gasteiger partial charge < -0.3 is 14.5 Å². The van der Waals surface area contributed by atoms with Gasteiger partial charge in [-0.3, -0.25) is 0 Å². The van der Waals surface area contributed by atoms with E-state index < -0.39 is 10.0 Å². The first-order valence-corrected chi connectivity index (χ1v) is 8.33. The van der Waals surface area contributed by atoms with Gasteiger partial charge in [-0.15, -0.1) is 0 Å². The van der Waals surface area contributed by atoms with Gasteiger partial charge in [0, 0.05) is 12.6 Å². The van der Waals surface area contributed by atoms with Crippen molar-refractivity contribution in [3.05, 3.63) is 17.9 Å². The molecule has 6 nitrogen and oxygen atoms in total. The third-order valence-corrected chi connectivity index (χ3v) is 4.63. The Morgan fingerprint density at radius 2 is 2.15 bits per heavy atom. The molecule has 2 heterocycles. The number of rotatable bonds is 6. The van der Waals surface area contributed by atoms with Crippen molar-refractivity contribution in [1.29, 1.82) is 0 Å². The van der Waals surface area contributed by atoms with Crippen molar-refractivity contribution < 1.29 is 17.6 Å². The van der Waals surface area contributed by atoms with Crippen LogP contribution in [0.1, 0.15) is 33.0 Å². The summed E-state index contributed by atoms with van der Waals surface area (Å²) in [4.78, 5) is 0. The van der Waals surface area contributed by atoms with Crippen molar-refractivity contribution in [2.24, 2.45) is 0 Å². The monoisotopic (exact) mass is 302 g/mol. The molecule has 2 atom stereocenters. The quantitative estimate of drug-likeness (QED) is 0.826. The van der Waals surface area contributed by atoms with Crippen LogP contribution in [-0.2, 0) is 21.3 Å². The average molecular weight is 302 g/mol. The number of hydrogen-bond donors (Lipinski definition) is 2. The molecule has 1 aliphatic heterocycles. The summed E-state index contributed by atoms with van der Waals surface area (Å²) in [6, 6.07) is 3.29. The van der Waals surface area contributed by atoms with Crippen molar-refractivity contribution in [3.8, 4) is 0 Å². The minimum absolute atomic E-state index is 0.0443. The van der Waals surface area contributed by atoms with E-state index in [0.717, 1.165) is 0 Å². The lowest BCUT2D eigenvalue weighted by Gasteiger charge is -2.14. The van der Waals surface area contributed by atoms with Crippen molar-refractivity contribution >= 4 is 10.0 Å². The van der Waals surface area contributed by atoms with Crippen LogP contribution in [0.15, 0.2) is 21.6 Å². The highest BCUT2D eigenvalue weighted by molar-refractivity contribution is 7.89. The van der Waals surface area contributed by atoms with Crippen LogP contribution >= 0.6 is 0 Å². The normalized spacial score (nSPS) is 23.6. The van der Waals surface area contributed by atoms with E-state index in [-0.39, 0.29) is 17.2 Å². The predicted molar refractivity (Wildman–Crippen MR) is 74.8 cm³/mol. The van der Waals surface area contributed by atoms with Gasteiger partial charge in [-0.25, -0.2) is 13.1 Å².